The van der Waals surface area contributed by atoms with E-state index in [1.54, 1.807) is 17.4 Å². The Morgan fingerprint density at radius 2 is 2.20 bits per heavy atom. The number of hydrogen-bond donors (Lipinski definition) is 1. The summed E-state index contributed by atoms with van der Waals surface area (Å²) in [4.78, 5) is 11.3. The lowest BCUT2D eigenvalue weighted by atomic mass is 10.2. The number of aryl methyl sites for hydroxylation is 1. The molecule has 1 aromatic carbocycles. The van der Waals surface area contributed by atoms with Crippen molar-refractivity contribution in [2.24, 2.45) is 0 Å². The number of aliphatic carboxylic acids is 1. The minimum Gasteiger partial charge on any atom is -0.478 e. The Balaban J connectivity index is 2.43. The van der Waals surface area contributed by atoms with Crippen molar-refractivity contribution in [2.75, 3.05) is 0 Å². The fourth-order valence-electron chi connectivity index (χ4n) is 1.42. The van der Waals surface area contributed by atoms with Crippen LogP contribution in [0.2, 0.25) is 0 Å². The Kier molecular flexibility index (Phi) is 2.56. The number of carboxylic acid groups (broad SMARTS) is 1. The second-order valence-corrected chi connectivity index (χ2v) is 4.48. The number of carbonyl (C=O) groups is 1. The number of hydrogen-bond acceptors (Lipinski definition) is 2. The summed E-state index contributed by atoms with van der Waals surface area (Å²) in [5.74, 6) is -0.913. The van der Waals surface area contributed by atoms with Gasteiger partial charge in [0.05, 0.1) is 0 Å². The van der Waals surface area contributed by atoms with Gasteiger partial charge < -0.3 is 5.11 Å². The Morgan fingerprint density at radius 1 is 1.40 bits per heavy atom. The normalized spacial score (nSPS) is 11.3. The maximum absolute atomic E-state index is 10.4. The van der Waals surface area contributed by atoms with Crippen molar-refractivity contribution >= 4 is 33.5 Å². The first kappa shape index (κ1) is 9.93. The standard InChI is InChI=1S/C12H10O2S/c1-8-2-4-11-9(6-8)7-10(15-11)3-5-12(13)14/h2-7H,1H3,(H,13,14)/b5-3+. The third kappa shape index (κ3) is 2.25. The highest BCUT2D eigenvalue weighted by atomic mass is 32.1. The summed E-state index contributed by atoms with van der Waals surface area (Å²) < 4.78 is 1.19. The molecule has 0 aliphatic carbocycles. The molecular weight excluding hydrogens is 208 g/mol. The fraction of sp³-hybridized carbons (Fsp3) is 0.0833. The van der Waals surface area contributed by atoms with E-state index < -0.39 is 5.97 Å². The molecule has 0 spiro atoms. The SMILES string of the molecule is Cc1ccc2sc(/C=C/C(=O)O)cc2c1. The molecular formula is C12H10O2S. The highest BCUT2D eigenvalue weighted by Gasteiger charge is 1.99. The van der Waals surface area contributed by atoms with Crippen LogP contribution in [-0.4, -0.2) is 11.1 Å². The van der Waals surface area contributed by atoms with Crippen molar-refractivity contribution in [3.8, 4) is 0 Å². The van der Waals surface area contributed by atoms with Crippen molar-refractivity contribution in [3.63, 3.8) is 0 Å². The molecule has 0 radical (unpaired) electrons. The van der Waals surface area contributed by atoms with E-state index in [0.29, 0.717) is 0 Å². The summed E-state index contributed by atoms with van der Waals surface area (Å²) >= 11 is 1.60. The average Bonchev–Trinajstić information content (AvgIpc) is 2.56. The van der Waals surface area contributed by atoms with Crippen LogP contribution in [0, 0.1) is 6.92 Å². The third-order valence-corrected chi connectivity index (χ3v) is 3.16. The molecule has 3 heteroatoms. The van der Waals surface area contributed by atoms with Crippen LogP contribution in [0.5, 0.6) is 0 Å². The van der Waals surface area contributed by atoms with Crippen LogP contribution in [0.3, 0.4) is 0 Å². The third-order valence-electron chi connectivity index (χ3n) is 2.08. The minimum atomic E-state index is -0.913. The van der Waals surface area contributed by atoms with Crippen molar-refractivity contribution in [3.05, 3.63) is 40.8 Å². The van der Waals surface area contributed by atoms with E-state index in [-0.39, 0.29) is 0 Å². The molecule has 76 valence electrons. The van der Waals surface area contributed by atoms with Crippen molar-refractivity contribution in [2.45, 2.75) is 6.92 Å². The summed E-state index contributed by atoms with van der Waals surface area (Å²) in [7, 11) is 0. The Labute approximate surface area is 91.5 Å². The first-order valence-electron chi connectivity index (χ1n) is 4.56. The zero-order valence-electron chi connectivity index (χ0n) is 8.23. The van der Waals surface area contributed by atoms with E-state index in [1.165, 1.54) is 15.6 Å². The summed E-state index contributed by atoms with van der Waals surface area (Å²) in [6.07, 6.45) is 2.79. The van der Waals surface area contributed by atoms with Gasteiger partial charge in [-0.15, -0.1) is 11.3 Å². The fourth-order valence-corrected chi connectivity index (χ4v) is 2.37. The molecule has 0 aliphatic rings. The Morgan fingerprint density at radius 3 is 2.93 bits per heavy atom. The molecule has 2 nitrogen and oxygen atoms in total. The number of thiophene rings is 1. The van der Waals surface area contributed by atoms with Crippen LogP contribution in [0.15, 0.2) is 30.3 Å². The molecule has 1 N–H and O–H groups in total. The predicted octanol–water partition coefficient (Wildman–Crippen LogP) is 3.31. The van der Waals surface area contributed by atoms with E-state index in [2.05, 4.69) is 18.2 Å². The van der Waals surface area contributed by atoms with Gasteiger partial charge in [-0.2, -0.15) is 0 Å². The highest BCUT2D eigenvalue weighted by molar-refractivity contribution is 7.19. The van der Waals surface area contributed by atoms with Crippen LogP contribution in [0.25, 0.3) is 16.2 Å². The summed E-state index contributed by atoms with van der Waals surface area (Å²) in [6.45, 7) is 2.05. The summed E-state index contributed by atoms with van der Waals surface area (Å²) in [5.41, 5.74) is 1.22. The second-order valence-electron chi connectivity index (χ2n) is 3.36. The zero-order valence-corrected chi connectivity index (χ0v) is 9.04. The van der Waals surface area contributed by atoms with Crippen molar-refractivity contribution < 1.29 is 9.90 Å². The summed E-state index contributed by atoms with van der Waals surface area (Å²) in [5, 5.41) is 9.68. The zero-order chi connectivity index (χ0) is 10.8. The molecule has 0 saturated carbocycles. The molecule has 0 fully saturated rings. The number of benzene rings is 1. The quantitative estimate of drug-likeness (QED) is 0.785. The molecule has 2 aromatic rings. The Bertz CT molecular complexity index is 538. The van der Waals surface area contributed by atoms with E-state index in [1.807, 2.05) is 13.0 Å². The van der Waals surface area contributed by atoms with Gasteiger partial charge in [0.15, 0.2) is 0 Å². The maximum Gasteiger partial charge on any atom is 0.328 e. The van der Waals surface area contributed by atoms with Gasteiger partial charge in [-0.1, -0.05) is 17.7 Å². The van der Waals surface area contributed by atoms with Crippen molar-refractivity contribution in [1.82, 2.24) is 0 Å². The van der Waals surface area contributed by atoms with Gasteiger partial charge in [-0.05, 0) is 30.5 Å². The van der Waals surface area contributed by atoms with E-state index in [0.717, 1.165) is 11.0 Å². The molecule has 0 aliphatic heterocycles. The van der Waals surface area contributed by atoms with Crippen LogP contribution in [0.4, 0.5) is 0 Å². The number of rotatable bonds is 2. The minimum absolute atomic E-state index is 0.913. The molecule has 0 atom stereocenters. The van der Waals surface area contributed by atoms with Crippen LogP contribution in [-0.2, 0) is 4.79 Å². The molecule has 0 amide bonds. The molecule has 1 heterocycles. The highest BCUT2D eigenvalue weighted by Crippen LogP contribution is 2.27. The molecule has 2 rings (SSSR count). The number of fused-ring (bicyclic) bond motifs is 1. The largest absolute Gasteiger partial charge is 0.478 e. The van der Waals surface area contributed by atoms with E-state index >= 15 is 0 Å². The first-order valence-corrected chi connectivity index (χ1v) is 5.38. The van der Waals surface area contributed by atoms with Gasteiger partial charge in [-0.25, -0.2) is 4.79 Å². The molecule has 15 heavy (non-hydrogen) atoms. The molecule has 1 aromatic heterocycles. The van der Waals surface area contributed by atoms with Gasteiger partial charge in [0.2, 0.25) is 0 Å². The van der Waals surface area contributed by atoms with Crippen LogP contribution < -0.4 is 0 Å². The lowest BCUT2D eigenvalue weighted by Crippen LogP contribution is -1.84. The van der Waals surface area contributed by atoms with Gasteiger partial charge in [0, 0.05) is 15.7 Å². The van der Waals surface area contributed by atoms with Crippen molar-refractivity contribution in [1.29, 1.82) is 0 Å². The van der Waals surface area contributed by atoms with E-state index in [9.17, 15) is 4.79 Å². The topological polar surface area (TPSA) is 37.3 Å². The molecule has 0 unspecified atom stereocenters. The van der Waals surface area contributed by atoms with Gasteiger partial charge >= 0.3 is 5.97 Å². The Hall–Kier alpha value is -1.61. The van der Waals surface area contributed by atoms with Gasteiger partial charge in [0.25, 0.3) is 0 Å². The maximum atomic E-state index is 10.4. The summed E-state index contributed by atoms with van der Waals surface area (Å²) in [6, 6.07) is 8.23. The monoisotopic (exact) mass is 218 g/mol. The van der Waals surface area contributed by atoms with Crippen LogP contribution in [0.1, 0.15) is 10.4 Å². The predicted molar refractivity (Wildman–Crippen MR) is 63.2 cm³/mol. The van der Waals surface area contributed by atoms with Gasteiger partial charge in [0.1, 0.15) is 0 Å². The van der Waals surface area contributed by atoms with Gasteiger partial charge in [-0.3, -0.25) is 0 Å². The lowest BCUT2D eigenvalue weighted by molar-refractivity contribution is -0.131. The average molecular weight is 218 g/mol. The smallest absolute Gasteiger partial charge is 0.328 e. The first-order chi connectivity index (χ1) is 7.15. The van der Waals surface area contributed by atoms with E-state index in [4.69, 9.17) is 5.11 Å². The molecule has 0 bridgehead atoms. The number of carboxylic acids is 1. The lowest BCUT2D eigenvalue weighted by Gasteiger charge is -1.89. The molecule has 0 saturated heterocycles. The second kappa shape index (κ2) is 3.87. The van der Waals surface area contributed by atoms with Crippen LogP contribution >= 0.6 is 11.3 Å².